The van der Waals surface area contributed by atoms with Crippen molar-refractivity contribution in [2.45, 2.75) is 57.0 Å². The molecule has 2 aromatic rings. The molecule has 3 N–H and O–H groups in total. The van der Waals surface area contributed by atoms with Crippen molar-refractivity contribution in [3.8, 4) is 11.3 Å². The molecule has 2 unspecified atom stereocenters. The minimum absolute atomic E-state index is 0. The molecule has 2 bridgehead atoms. The Balaban J connectivity index is 0.00000225. The Morgan fingerprint density at radius 2 is 1.86 bits per heavy atom. The standard InChI is InChI=1S/C22H27FN2O2.ClH/c23-19-7-2-1-6-18(19)20-10-8-17(27-20)9-11-21(26)25-22-14-4-3-5-15(22)13-16(24)12-14;/h1-2,6-8,10,14-16,22H,3-5,9,11-13,24H2,(H,25,26);1H. The maximum atomic E-state index is 13.9. The Bertz CT molecular complexity index is 795. The lowest BCUT2D eigenvalue weighted by atomic mass is 9.67. The molecule has 2 aliphatic carbocycles. The fourth-order valence-electron chi connectivity index (χ4n) is 4.84. The predicted octanol–water partition coefficient (Wildman–Crippen LogP) is 4.46. The molecule has 2 fully saturated rings. The first-order valence-corrected chi connectivity index (χ1v) is 9.98. The van der Waals surface area contributed by atoms with Gasteiger partial charge in [-0.1, -0.05) is 18.6 Å². The number of carbonyl (C=O) groups is 1. The lowest BCUT2D eigenvalue weighted by Gasteiger charge is -2.45. The van der Waals surface area contributed by atoms with E-state index in [0.717, 1.165) is 12.8 Å². The van der Waals surface area contributed by atoms with Crippen molar-refractivity contribution >= 4 is 18.3 Å². The van der Waals surface area contributed by atoms with E-state index in [-0.39, 0.29) is 36.2 Å². The van der Waals surface area contributed by atoms with Crippen LogP contribution in [0.4, 0.5) is 4.39 Å². The van der Waals surface area contributed by atoms with E-state index in [9.17, 15) is 9.18 Å². The third-order valence-corrected chi connectivity index (χ3v) is 6.10. The molecule has 1 heterocycles. The summed E-state index contributed by atoms with van der Waals surface area (Å²) in [5.41, 5.74) is 6.61. The van der Waals surface area contributed by atoms with E-state index in [4.69, 9.17) is 10.2 Å². The van der Waals surface area contributed by atoms with Gasteiger partial charge in [0.25, 0.3) is 0 Å². The van der Waals surface area contributed by atoms with Crippen LogP contribution in [0.3, 0.4) is 0 Å². The molecule has 0 radical (unpaired) electrons. The van der Waals surface area contributed by atoms with Gasteiger partial charge in [-0.05, 0) is 61.8 Å². The van der Waals surface area contributed by atoms with E-state index < -0.39 is 0 Å². The molecule has 0 saturated heterocycles. The number of halogens is 2. The predicted molar refractivity (Wildman–Crippen MR) is 110 cm³/mol. The van der Waals surface area contributed by atoms with Crippen LogP contribution in [0.25, 0.3) is 11.3 Å². The SMILES string of the molecule is Cl.NC1CC2CCCC(C1)C2NC(=O)CCc1ccc(-c2ccccc2F)o1. The van der Waals surface area contributed by atoms with Crippen LogP contribution in [-0.4, -0.2) is 18.0 Å². The molecular weight excluding hydrogens is 379 g/mol. The van der Waals surface area contributed by atoms with Gasteiger partial charge in [-0.15, -0.1) is 12.4 Å². The average molecular weight is 407 g/mol. The smallest absolute Gasteiger partial charge is 0.220 e. The molecule has 152 valence electrons. The molecule has 1 amide bonds. The molecule has 0 spiro atoms. The number of nitrogens with two attached hydrogens (primary N) is 1. The van der Waals surface area contributed by atoms with Gasteiger partial charge in [-0.3, -0.25) is 4.79 Å². The summed E-state index contributed by atoms with van der Waals surface area (Å²) in [5.74, 6) is 2.00. The van der Waals surface area contributed by atoms with Crippen LogP contribution in [-0.2, 0) is 11.2 Å². The van der Waals surface area contributed by atoms with Crippen molar-refractivity contribution in [1.82, 2.24) is 5.32 Å². The molecule has 28 heavy (non-hydrogen) atoms. The van der Waals surface area contributed by atoms with Gasteiger partial charge in [-0.2, -0.15) is 0 Å². The summed E-state index contributed by atoms with van der Waals surface area (Å²) >= 11 is 0. The van der Waals surface area contributed by atoms with Crippen molar-refractivity contribution in [2.75, 3.05) is 0 Å². The van der Waals surface area contributed by atoms with Gasteiger partial charge < -0.3 is 15.5 Å². The van der Waals surface area contributed by atoms with Gasteiger partial charge in [0.2, 0.25) is 5.91 Å². The van der Waals surface area contributed by atoms with Gasteiger partial charge in [0, 0.05) is 24.9 Å². The topological polar surface area (TPSA) is 68.3 Å². The summed E-state index contributed by atoms with van der Waals surface area (Å²) in [7, 11) is 0. The highest BCUT2D eigenvalue weighted by atomic mass is 35.5. The highest BCUT2D eigenvalue weighted by Crippen LogP contribution is 2.39. The van der Waals surface area contributed by atoms with Crippen LogP contribution >= 0.6 is 12.4 Å². The summed E-state index contributed by atoms with van der Waals surface area (Å²) in [5, 5.41) is 3.26. The summed E-state index contributed by atoms with van der Waals surface area (Å²) in [4.78, 5) is 12.5. The second-order valence-electron chi connectivity index (χ2n) is 8.02. The number of fused-ring (bicyclic) bond motifs is 2. The average Bonchev–Trinajstić information content (AvgIpc) is 3.10. The fourth-order valence-corrected chi connectivity index (χ4v) is 4.84. The van der Waals surface area contributed by atoms with Crippen LogP contribution in [0.2, 0.25) is 0 Å². The molecule has 4 rings (SSSR count). The van der Waals surface area contributed by atoms with Crippen molar-refractivity contribution in [2.24, 2.45) is 17.6 Å². The summed E-state index contributed by atoms with van der Waals surface area (Å²) < 4.78 is 19.6. The van der Waals surface area contributed by atoms with Crippen molar-refractivity contribution in [3.05, 3.63) is 48.0 Å². The summed E-state index contributed by atoms with van der Waals surface area (Å²) in [6, 6.07) is 10.7. The third-order valence-electron chi connectivity index (χ3n) is 6.10. The lowest BCUT2D eigenvalue weighted by Crippen LogP contribution is -2.53. The molecule has 2 saturated carbocycles. The Kier molecular flexibility index (Phi) is 6.78. The maximum absolute atomic E-state index is 13.9. The first-order valence-electron chi connectivity index (χ1n) is 9.98. The van der Waals surface area contributed by atoms with Crippen LogP contribution in [0.5, 0.6) is 0 Å². The number of hydrogen-bond donors (Lipinski definition) is 2. The van der Waals surface area contributed by atoms with Gasteiger partial charge in [0.1, 0.15) is 17.3 Å². The molecule has 0 aliphatic heterocycles. The first kappa shape index (κ1) is 20.9. The normalized spacial score (nSPS) is 26.4. The van der Waals surface area contributed by atoms with E-state index >= 15 is 0 Å². The Morgan fingerprint density at radius 1 is 1.14 bits per heavy atom. The van der Waals surface area contributed by atoms with Crippen LogP contribution in [0, 0.1) is 17.7 Å². The molecular formula is C22H28ClFN2O2. The lowest BCUT2D eigenvalue weighted by molar-refractivity contribution is -0.123. The van der Waals surface area contributed by atoms with Gasteiger partial charge >= 0.3 is 0 Å². The quantitative estimate of drug-likeness (QED) is 0.770. The van der Waals surface area contributed by atoms with Gasteiger partial charge in [0.05, 0.1) is 5.56 Å². The van der Waals surface area contributed by atoms with E-state index in [1.54, 1.807) is 24.3 Å². The molecule has 4 nitrogen and oxygen atoms in total. The number of hydrogen-bond acceptors (Lipinski definition) is 3. The zero-order valence-corrected chi connectivity index (χ0v) is 16.7. The van der Waals surface area contributed by atoms with Crippen molar-refractivity contribution in [3.63, 3.8) is 0 Å². The Hall–Kier alpha value is -1.85. The minimum Gasteiger partial charge on any atom is -0.461 e. The van der Waals surface area contributed by atoms with Crippen LogP contribution in [0.1, 0.15) is 44.3 Å². The molecule has 6 heteroatoms. The second kappa shape index (κ2) is 9.10. The van der Waals surface area contributed by atoms with Crippen LogP contribution < -0.4 is 11.1 Å². The number of amides is 1. The summed E-state index contributed by atoms with van der Waals surface area (Å²) in [6.45, 7) is 0. The summed E-state index contributed by atoms with van der Waals surface area (Å²) in [6.07, 6.45) is 6.52. The Morgan fingerprint density at radius 3 is 2.57 bits per heavy atom. The first-order chi connectivity index (χ1) is 13.1. The molecule has 2 aliphatic rings. The second-order valence-corrected chi connectivity index (χ2v) is 8.02. The largest absolute Gasteiger partial charge is 0.461 e. The van der Waals surface area contributed by atoms with E-state index in [2.05, 4.69) is 5.32 Å². The third kappa shape index (κ3) is 4.58. The molecule has 1 aromatic heterocycles. The zero-order valence-electron chi connectivity index (χ0n) is 15.9. The maximum Gasteiger partial charge on any atom is 0.220 e. The minimum atomic E-state index is -0.307. The van der Waals surface area contributed by atoms with E-state index in [0.29, 0.717) is 41.8 Å². The monoisotopic (exact) mass is 406 g/mol. The molecule has 1 aromatic carbocycles. The van der Waals surface area contributed by atoms with Gasteiger partial charge in [-0.25, -0.2) is 4.39 Å². The number of rotatable bonds is 5. The van der Waals surface area contributed by atoms with E-state index in [1.807, 2.05) is 6.07 Å². The van der Waals surface area contributed by atoms with Crippen molar-refractivity contribution in [1.29, 1.82) is 0 Å². The highest BCUT2D eigenvalue weighted by molar-refractivity contribution is 5.85. The van der Waals surface area contributed by atoms with Crippen molar-refractivity contribution < 1.29 is 13.6 Å². The number of carbonyl (C=O) groups excluding carboxylic acids is 1. The fraction of sp³-hybridized carbons (Fsp3) is 0.500. The number of nitrogens with one attached hydrogen (secondary N) is 1. The van der Waals surface area contributed by atoms with E-state index in [1.165, 1.54) is 25.3 Å². The molecule has 2 atom stereocenters. The number of benzene rings is 1. The zero-order chi connectivity index (χ0) is 18.8. The highest BCUT2D eigenvalue weighted by Gasteiger charge is 2.39. The number of aryl methyl sites for hydroxylation is 1. The van der Waals surface area contributed by atoms with Crippen LogP contribution in [0.15, 0.2) is 40.8 Å². The van der Waals surface area contributed by atoms with Gasteiger partial charge in [0.15, 0.2) is 0 Å². The Labute approximate surface area is 171 Å². The number of furan rings is 1.